The number of carbonyl (C=O) groups is 2. The molecule has 2 aromatic carbocycles. The number of thioether (sulfide) groups is 1. The maximum Gasteiger partial charge on any atom is 0.293 e. The molecule has 0 saturated carbocycles. The van der Waals surface area contributed by atoms with Crippen LogP contribution in [0, 0.1) is 22.9 Å². The molecule has 4 rings (SSSR count). The zero-order valence-electron chi connectivity index (χ0n) is 16.5. The van der Waals surface area contributed by atoms with Gasteiger partial charge in [-0.2, -0.15) is 0 Å². The SMILES string of the molecule is Cc1ccc(-c2ccc(/C=C3\SC(=O)N(Cc4c(F)cccc4Cl)C3=O)o2)c([N+](=O)[O-])c1. The van der Waals surface area contributed by atoms with Crippen LogP contribution >= 0.6 is 23.4 Å². The Morgan fingerprint density at radius 2 is 2.00 bits per heavy atom. The Morgan fingerprint density at radius 1 is 1.22 bits per heavy atom. The number of aryl methyl sites for hydroxylation is 1. The fourth-order valence-corrected chi connectivity index (χ4v) is 4.22. The number of amides is 2. The van der Waals surface area contributed by atoms with Gasteiger partial charge in [0.15, 0.2) is 0 Å². The Labute approximate surface area is 190 Å². The lowest BCUT2D eigenvalue weighted by Gasteiger charge is -2.14. The summed E-state index contributed by atoms with van der Waals surface area (Å²) in [6.45, 7) is 1.45. The van der Waals surface area contributed by atoms with Crippen LogP contribution in [0.4, 0.5) is 14.9 Å². The second kappa shape index (κ2) is 8.60. The summed E-state index contributed by atoms with van der Waals surface area (Å²) < 4.78 is 19.7. The topological polar surface area (TPSA) is 93.7 Å². The van der Waals surface area contributed by atoms with E-state index in [1.807, 2.05) is 0 Å². The first-order chi connectivity index (χ1) is 15.2. The van der Waals surface area contributed by atoms with E-state index >= 15 is 0 Å². The lowest BCUT2D eigenvalue weighted by atomic mass is 10.1. The second-order valence-electron chi connectivity index (χ2n) is 6.95. The molecule has 0 atom stereocenters. The average molecular weight is 473 g/mol. The normalized spacial score (nSPS) is 15.1. The zero-order chi connectivity index (χ0) is 23.0. The molecular weight excluding hydrogens is 459 g/mol. The molecule has 0 radical (unpaired) electrons. The standard InChI is InChI=1S/C22H14ClFN2O5S/c1-12-5-7-14(18(9-12)26(29)30)19-8-6-13(31-19)10-20-21(27)25(22(28)32-20)11-15-16(23)3-2-4-17(15)24/h2-10H,11H2,1H3/b20-10-. The first kappa shape index (κ1) is 21.8. The summed E-state index contributed by atoms with van der Waals surface area (Å²) in [5.74, 6) is -0.737. The molecule has 10 heteroatoms. The van der Waals surface area contributed by atoms with Crippen molar-refractivity contribution in [2.45, 2.75) is 13.5 Å². The van der Waals surface area contributed by atoms with Crippen molar-refractivity contribution in [1.82, 2.24) is 4.90 Å². The predicted molar refractivity (Wildman–Crippen MR) is 118 cm³/mol. The zero-order valence-corrected chi connectivity index (χ0v) is 18.1. The van der Waals surface area contributed by atoms with Crippen molar-refractivity contribution in [2.24, 2.45) is 0 Å². The summed E-state index contributed by atoms with van der Waals surface area (Å²) in [6, 6.07) is 12.0. The summed E-state index contributed by atoms with van der Waals surface area (Å²) >= 11 is 6.69. The summed E-state index contributed by atoms with van der Waals surface area (Å²) in [4.78, 5) is 36.9. The highest BCUT2D eigenvalue weighted by molar-refractivity contribution is 8.18. The van der Waals surface area contributed by atoms with Crippen molar-refractivity contribution in [3.8, 4) is 11.3 Å². The van der Waals surface area contributed by atoms with Gasteiger partial charge in [-0.1, -0.05) is 23.7 Å². The Kier molecular flexibility index (Phi) is 5.86. The molecule has 2 amide bonds. The highest BCUT2D eigenvalue weighted by Gasteiger charge is 2.36. The summed E-state index contributed by atoms with van der Waals surface area (Å²) in [6.07, 6.45) is 1.37. The second-order valence-corrected chi connectivity index (χ2v) is 8.35. The van der Waals surface area contributed by atoms with E-state index in [2.05, 4.69) is 0 Å². The van der Waals surface area contributed by atoms with Gasteiger partial charge in [0.2, 0.25) is 0 Å². The molecule has 7 nitrogen and oxygen atoms in total. The first-order valence-electron chi connectivity index (χ1n) is 9.28. The summed E-state index contributed by atoms with van der Waals surface area (Å²) in [5, 5.41) is 10.9. The number of halogens is 2. The number of benzene rings is 2. The number of imide groups is 1. The highest BCUT2D eigenvalue weighted by Crippen LogP contribution is 2.36. The van der Waals surface area contributed by atoms with Crippen LogP contribution in [-0.2, 0) is 11.3 Å². The average Bonchev–Trinajstić information content (AvgIpc) is 3.30. The molecule has 1 aliphatic rings. The third kappa shape index (κ3) is 4.17. The van der Waals surface area contributed by atoms with Gasteiger partial charge in [0, 0.05) is 22.7 Å². The van der Waals surface area contributed by atoms with Crippen molar-refractivity contribution in [3.05, 3.63) is 91.3 Å². The maximum atomic E-state index is 14.1. The lowest BCUT2D eigenvalue weighted by Crippen LogP contribution is -2.28. The van der Waals surface area contributed by atoms with E-state index in [9.17, 15) is 24.1 Å². The van der Waals surface area contributed by atoms with Gasteiger partial charge >= 0.3 is 0 Å². The maximum absolute atomic E-state index is 14.1. The van der Waals surface area contributed by atoms with Gasteiger partial charge < -0.3 is 4.42 Å². The van der Waals surface area contributed by atoms with Crippen molar-refractivity contribution in [1.29, 1.82) is 0 Å². The smallest absolute Gasteiger partial charge is 0.293 e. The third-order valence-corrected chi connectivity index (χ3v) is 6.03. The van der Waals surface area contributed by atoms with E-state index in [1.165, 1.54) is 30.3 Å². The number of rotatable bonds is 5. The minimum absolute atomic E-state index is 0.0460. The quantitative estimate of drug-likeness (QED) is 0.249. The largest absolute Gasteiger partial charge is 0.456 e. The van der Waals surface area contributed by atoms with Crippen LogP contribution in [0.3, 0.4) is 0 Å². The molecule has 1 aromatic heterocycles. The molecule has 1 saturated heterocycles. The van der Waals surface area contributed by atoms with Gasteiger partial charge in [-0.15, -0.1) is 0 Å². The molecule has 0 bridgehead atoms. The van der Waals surface area contributed by atoms with Crippen molar-refractivity contribution >= 4 is 46.3 Å². The lowest BCUT2D eigenvalue weighted by molar-refractivity contribution is -0.384. The number of nitrogens with zero attached hydrogens (tertiary/aromatic N) is 2. The Bertz CT molecular complexity index is 1280. The highest BCUT2D eigenvalue weighted by atomic mass is 35.5. The van der Waals surface area contributed by atoms with Crippen LogP contribution < -0.4 is 0 Å². The van der Waals surface area contributed by atoms with Gasteiger partial charge in [0.25, 0.3) is 16.8 Å². The number of hydrogen-bond acceptors (Lipinski definition) is 6. The van der Waals surface area contributed by atoms with Gasteiger partial charge in [0.1, 0.15) is 17.3 Å². The summed E-state index contributed by atoms with van der Waals surface area (Å²) in [5.41, 5.74) is 0.969. The molecule has 0 unspecified atom stereocenters. The number of hydrogen-bond donors (Lipinski definition) is 0. The summed E-state index contributed by atoms with van der Waals surface area (Å²) in [7, 11) is 0. The molecule has 0 spiro atoms. The van der Waals surface area contributed by atoms with Crippen molar-refractivity contribution in [3.63, 3.8) is 0 Å². The number of nitro groups is 1. The Hall–Kier alpha value is -3.43. The van der Waals surface area contributed by atoms with E-state index in [0.717, 1.165) is 10.5 Å². The molecule has 2 heterocycles. The molecule has 1 fully saturated rings. The van der Waals surface area contributed by atoms with Crippen molar-refractivity contribution in [2.75, 3.05) is 0 Å². The van der Waals surface area contributed by atoms with Gasteiger partial charge in [-0.05, 0) is 54.6 Å². The van der Waals surface area contributed by atoms with Crippen LogP contribution in [0.15, 0.2) is 57.9 Å². The molecule has 0 aliphatic carbocycles. The molecule has 0 N–H and O–H groups in total. The van der Waals surface area contributed by atoms with E-state index in [4.69, 9.17) is 16.0 Å². The van der Waals surface area contributed by atoms with Crippen LogP contribution in [0.25, 0.3) is 17.4 Å². The van der Waals surface area contributed by atoms with Crippen molar-refractivity contribution < 1.29 is 23.3 Å². The molecule has 3 aromatic rings. The Morgan fingerprint density at radius 3 is 2.72 bits per heavy atom. The van der Waals surface area contributed by atoms with Gasteiger partial charge in [0.05, 0.1) is 21.9 Å². The van der Waals surface area contributed by atoms with E-state index in [-0.39, 0.29) is 39.2 Å². The van der Waals surface area contributed by atoms with Gasteiger partial charge in [-0.25, -0.2) is 4.39 Å². The Balaban J connectivity index is 1.60. The number of carbonyl (C=O) groups excluding carboxylic acids is 2. The molecule has 32 heavy (non-hydrogen) atoms. The first-order valence-corrected chi connectivity index (χ1v) is 10.5. The monoisotopic (exact) mass is 472 g/mol. The fraction of sp³-hybridized carbons (Fsp3) is 0.0909. The predicted octanol–water partition coefficient (Wildman–Crippen LogP) is 6.19. The third-order valence-electron chi connectivity index (χ3n) is 4.77. The minimum Gasteiger partial charge on any atom is -0.456 e. The van der Waals surface area contributed by atoms with E-state index in [1.54, 1.807) is 31.2 Å². The van der Waals surface area contributed by atoms with Crippen LogP contribution in [0.2, 0.25) is 5.02 Å². The van der Waals surface area contributed by atoms with E-state index in [0.29, 0.717) is 17.3 Å². The number of nitro benzene ring substituents is 1. The van der Waals surface area contributed by atoms with Crippen LogP contribution in [0.5, 0.6) is 0 Å². The fourth-order valence-electron chi connectivity index (χ4n) is 3.18. The van der Waals surface area contributed by atoms with Crippen LogP contribution in [-0.4, -0.2) is 21.0 Å². The van der Waals surface area contributed by atoms with E-state index < -0.39 is 21.9 Å². The number of furan rings is 1. The van der Waals surface area contributed by atoms with Crippen LogP contribution in [0.1, 0.15) is 16.9 Å². The molecule has 162 valence electrons. The molecular formula is C22H14ClFN2O5S. The minimum atomic E-state index is -0.615. The molecule has 1 aliphatic heterocycles. The van der Waals surface area contributed by atoms with Gasteiger partial charge in [-0.3, -0.25) is 24.6 Å².